The van der Waals surface area contributed by atoms with Crippen LogP contribution in [0.3, 0.4) is 0 Å². The predicted molar refractivity (Wildman–Crippen MR) is 78.0 cm³/mol. The molecule has 0 saturated heterocycles. The van der Waals surface area contributed by atoms with Gasteiger partial charge in [0, 0.05) is 4.88 Å². The number of hydrogen-bond donors (Lipinski definition) is 0. The quantitative estimate of drug-likeness (QED) is 0.795. The van der Waals surface area contributed by atoms with Crippen molar-refractivity contribution in [2.75, 3.05) is 6.61 Å². The molecule has 5 nitrogen and oxygen atoms in total. The van der Waals surface area contributed by atoms with Crippen molar-refractivity contribution in [2.24, 2.45) is 5.92 Å². The highest BCUT2D eigenvalue weighted by Gasteiger charge is 2.27. The first kappa shape index (κ1) is 14.7. The molecule has 0 spiro atoms. The first-order valence-electron chi connectivity index (χ1n) is 6.68. The van der Waals surface area contributed by atoms with Crippen LogP contribution in [0.2, 0.25) is 0 Å². The number of carbonyl (C=O) groups excluding carboxylic acids is 1. The number of nitrogens with zero attached hydrogens (tertiary/aromatic N) is 3. The van der Waals surface area contributed by atoms with Crippen LogP contribution in [0.4, 0.5) is 0 Å². The molecule has 0 aliphatic heterocycles. The maximum atomic E-state index is 12.0. The highest BCUT2D eigenvalue weighted by atomic mass is 32.1. The number of ether oxygens (including phenoxy) is 1. The minimum atomic E-state index is -0.421. The molecule has 0 aliphatic carbocycles. The van der Waals surface area contributed by atoms with Crippen molar-refractivity contribution in [1.29, 1.82) is 0 Å². The molecule has 0 aliphatic rings. The van der Waals surface area contributed by atoms with Crippen molar-refractivity contribution in [3.63, 3.8) is 0 Å². The average Bonchev–Trinajstić information content (AvgIpc) is 3.01. The van der Waals surface area contributed by atoms with Gasteiger partial charge in [0.2, 0.25) is 5.82 Å². The van der Waals surface area contributed by atoms with Crippen LogP contribution >= 0.6 is 11.3 Å². The lowest BCUT2D eigenvalue weighted by molar-refractivity contribution is 0.0502. The Balaban J connectivity index is 2.49. The highest BCUT2D eigenvalue weighted by Crippen LogP contribution is 2.31. The smallest absolute Gasteiger partial charge is 0.376 e. The number of aromatic nitrogens is 3. The summed E-state index contributed by atoms with van der Waals surface area (Å²) in [7, 11) is 0. The van der Waals surface area contributed by atoms with E-state index >= 15 is 0 Å². The lowest BCUT2D eigenvalue weighted by Gasteiger charge is -2.23. The molecule has 2 rings (SSSR count). The molecule has 0 amide bonds. The van der Waals surface area contributed by atoms with Crippen molar-refractivity contribution in [2.45, 2.75) is 33.7 Å². The summed E-state index contributed by atoms with van der Waals surface area (Å²) in [6, 6.07) is 4.13. The van der Waals surface area contributed by atoms with Gasteiger partial charge in [0.1, 0.15) is 5.82 Å². The fraction of sp³-hybridized carbons (Fsp3) is 0.500. The van der Waals surface area contributed by atoms with E-state index in [9.17, 15) is 4.79 Å². The van der Waals surface area contributed by atoms with Crippen LogP contribution in [0.25, 0.3) is 0 Å². The molecule has 0 N–H and O–H groups in total. The van der Waals surface area contributed by atoms with E-state index in [2.05, 4.69) is 30.1 Å². The van der Waals surface area contributed by atoms with Gasteiger partial charge in [-0.2, -0.15) is 0 Å². The van der Waals surface area contributed by atoms with Gasteiger partial charge in [0.25, 0.3) is 0 Å². The van der Waals surface area contributed by atoms with Crippen LogP contribution < -0.4 is 0 Å². The van der Waals surface area contributed by atoms with Gasteiger partial charge < -0.3 is 4.74 Å². The monoisotopic (exact) mass is 293 g/mol. The molecule has 6 heteroatoms. The summed E-state index contributed by atoms with van der Waals surface area (Å²) in [4.78, 5) is 13.2. The average molecular weight is 293 g/mol. The zero-order valence-electron chi connectivity index (χ0n) is 12.2. The van der Waals surface area contributed by atoms with Crippen LogP contribution in [0.1, 0.15) is 48.1 Å². The Morgan fingerprint density at radius 1 is 1.45 bits per heavy atom. The van der Waals surface area contributed by atoms with Crippen molar-refractivity contribution < 1.29 is 9.53 Å². The molecule has 1 atom stereocenters. The third-order valence-electron chi connectivity index (χ3n) is 3.07. The van der Waals surface area contributed by atoms with Gasteiger partial charge in [-0.15, -0.1) is 21.5 Å². The van der Waals surface area contributed by atoms with E-state index < -0.39 is 5.97 Å². The van der Waals surface area contributed by atoms with Gasteiger partial charge in [-0.1, -0.05) is 19.9 Å². The first-order valence-corrected chi connectivity index (χ1v) is 7.56. The number of rotatable bonds is 5. The number of esters is 1. The molecule has 0 bridgehead atoms. The lowest BCUT2D eigenvalue weighted by atomic mass is 10.0. The van der Waals surface area contributed by atoms with Gasteiger partial charge in [-0.05, 0) is 31.2 Å². The zero-order valence-corrected chi connectivity index (χ0v) is 13.0. The minimum absolute atomic E-state index is 0.0457. The number of thiophene rings is 1. The molecule has 2 heterocycles. The second kappa shape index (κ2) is 6.17. The van der Waals surface area contributed by atoms with E-state index in [-0.39, 0.29) is 11.9 Å². The summed E-state index contributed by atoms with van der Waals surface area (Å²) in [5.41, 5.74) is 0. The fourth-order valence-electron chi connectivity index (χ4n) is 2.25. The van der Waals surface area contributed by atoms with Gasteiger partial charge >= 0.3 is 5.97 Å². The van der Waals surface area contributed by atoms with Crippen LogP contribution in [-0.4, -0.2) is 27.3 Å². The number of hydrogen-bond acceptors (Lipinski definition) is 5. The normalized spacial score (nSPS) is 12.7. The topological polar surface area (TPSA) is 57.0 Å². The maximum Gasteiger partial charge on any atom is 0.376 e. The van der Waals surface area contributed by atoms with Crippen LogP contribution in [0.15, 0.2) is 17.5 Å². The van der Waals surface area contributed by atoms with E-state index in [0.717, 1.165) is 5.82 Å². The van der Waals surface area contributed by atoms with Crippen molar-refractivity contribution >= 4 is 17.3 Å². The lowest BCUT2D eigenvalue weighted by Crippen LogP contribution is -2.22. The van der Waals surface area contributed by atoms with Gasteiger partial charge in [0.15, 0.2) is 0 Å². The molecule has 0 aromatic carbocycles. The highest BCUT2D eigenvalue weighted by molar-refractivity contribution is 7.10. The minimum Gasteiger partial charge on any atom is -0.460 e. The van der Waals surface area contributed by atoms with Crippen molar-refractivity contribution in [3.05, 3.63) is 34.0 Å². The Hall–Kier alpha value is -1.69. The summed E-state index contributed by atoms with van der Waals surface area (Å²) < 4.78 is 6.95. The molecule has 1 unspecified atom stereocenters. The Kier molecular flexibility index (Phi) is 4.54. The molecule has 2 aromatic heterocycles. The van der Waals surface area contributed by atoms with E-state index in [4.69, 9.17) is 4.74 Å². The number of carbonyl (C=O) groups is 1. The van der Waals surface area contributed by atoms with Gasteiger partial charge in [-0.25, -0.2) is 4.79 Å². The summed E-state index contributed by atoms with van der Waals surface area (Å²) in [5, 5.41) is 10.1. The predicted octanol–water partition coefficient (Wildman–Crippen LogP) is 3.07. The molecular weight excluding hydrogens is 274 g/mol. The van der Waals surface area contributed by atoms with Crippen molar-refractivity contribution in [3.8, 4) is 0 Å². The summed E-state index contributed by atoms with van der Waals surface area (Å²) in [6.07, 6.45) is 0. The van der Waals surface area contributed by atoms with Crippen LogP contribution in [-0.2, 0) is 4.74 Å². The Labute approximate surface area is 122 Å². The second-order valence-corrected chi connectivity index (χ2v) is 5.84. The third-order valence-corrected chi connectivity index (χ3v) is 4.01. The molecule has 0 saturated carbocycles. The molecule has 20 heavy (non-hydrogen) atoms. The van der Waals surface area contributed by atoms with Gasteiger partial charge in [0.05, 0.1) is 12.6 Å². The van der Waals surface area contributed by atoms with Crippen LogP contribution in [0, 0.1) is 12.8 Å². The van der Waals surface area contributed by atoms with E-state index in [1.165, 1.54) is 4.88 Å². The molecule has 0 fully saturated rings. The summed E-state index contributed by atoms with van der Waals surface area (Å²) in [5.74, 6) is 0.892. The molecule has 0 radical (unpaired) electrons. The largest absolute Gasteiger partial charge is 0.460 e. The third kappa shape index (κ3) is 2.75. The van der Waals surface area contributed by atoms with E-state index in [0.29, 0.717) is 12.5 Å². The molecule has 108 valence electrons. The summed E-state index contributed by atoms with van der Waals surface area (Å²) in [6.45, 7) is 8.22. The second-order valence-electron chi connectivity index (χ2n) is 4.87. The molecule has 2 aromatic rings. The van der Waals surface area contributed by atoms with Crippen LogP contribution in [0.5, 0.6) is 0 Å². The van der Waals surface area contributed by atoms with E-state index in [1.54, 1.807) is 18.3 Å². The van der Waals surface area contributed by atoms with Crippen molar-refractivity contribution in [1.82, 2.24) is 14.8 Å². The summed E-state index contributed by atoms with van der Waals surface area (Å²) >= 11 is 1.67. The first-order chi connectivity index (χ1) is 9.56. The SMILES string of the molecule is CCOC(=O)c1nnc(C)n1C(c1cccs1)C(C)C. The number of aryl methyl sites for hydroxylation is 1. The zero-order chi connectivity index (χ0) is 14.7. The fourth-order valence-corrected chi connectivity index (χ4v) is 3.24. The Bertz CT molecular complexity index is 575. The van der Waals surface area contributed by atoms with E-state index in [1.807, 2.05) is 22.9 Å². The maximum absolute atomic E-state index is 12.0. The Morgan fingerprint density at radius 2 is 2.20 bits per heavy atom. The van der Waals surface area contributed by atoms with Gasteiger partial charge in [-0.3, -0.25) is 4.57 Å². The standard InChI is InChI=1S/C14H19N3O2S/c1-5-19-14(18)13-16-15-10(4)17(13)12(9(2)3)11-7-6-8-20-11/h6-9,12H,5H2,1-4H3. The molecular formula is C14H19N3O2S. The Morgan fingerprint density at radius 3 is 2.75 bits per heavy atom.